The van der Waals surface area contributed by atoms with Crippen molar-refractivity contribution < 1.29 is 5.11 Å². The molecule has 0 spiro atoms. The van der Waals surface area contributed by atoms with Crippen molar-refractivity contribution >= 4 is 0 Å². The normalized spacial score (nSPS) is 21.4. The minimum atomic E-state index is -0.358. The van der Waals surface area contributed by atoms with E-state index in [0.717, 1.165) is 12.5 Å². The van der Waals surface area contributed by atoms with Gasteiger partial charge in [-0.15, -0.1) is 0 Å². The van der Waals surface area contributed by atoms with Crippen LogP contribution in [-0.4, -0.2) is 42.8 Å². The van der Waals surface area contributed by atoms with Crippen LogP contribution in [0.3, 0.4) is 0 Å². The van der Waals surface area contributed by atoms with Crippen molar-refractivity contribution in [3.8, 4) is 0 Å². The van der Waals surface area contributed by atoms with Crippen LogP contribution in [0.25, 0.3) is 0 Å². The van der Waals surface area contributed by atoms with E-state index in [9.17, 15) is 5.11 Å². The summed E-state index contributed by atoms with van der Waals surface area (Å²) in [6, 6.07) is 0. The average Bonchev–Trinajstić information content (AvgIpc) is 2.19. The summed E-state index contributed by atoms with van der Waals surface area (Å²) in [5, 5.41) is 9.39. The Morgan fingerprint density at radius 1 is 1.36 bits per heavy atom. The van der Waals surface area contributed by atoms with Crippen molar-refractivity contribution in [2.24, 2.45) is 11.7 Å². The maximum absolute atomic E-state index is 9.39. The van der Waals surface area contributed by atoms with Crippen LogP contribution in [0, 0.1) is 5.92 Å². The third-order valence-electron chi connectivity index (χ3n) is 3.09. The molecule has 1 saturated carbocycles. The molecule has 0 amide bonds. The summed E-state index contributed by atoms with van der Waals surface area (Å²) in [7, 11) is 2.08. The topological polar surface area (TPSA) is 49.5 Å². The molecule has 1 atom stereocenters. The highest BCUT2D eigenvalue weighted by Crippen LogP contribution is 2.23. The first-order chi connectivity index (χ1) is 6.72. The lowest BCUT2D eigenvalue weighted by Crippen LogP contribution is -2.37. The molecule has 0 aromatic rings. The van der Waals surface area contributed by atoms with Gasteiger partial charge < -0.3 is 15.7 Å². The van der Waals surface area contributed by atoms with E-state index in [2.05, 4.69) is 11.9 Å². The van der Waals surface area contributed by atoms with Crippen LogP contribution >= 0.6 is 0 Å². The zero-order valence-corrected chi connectivity index (χ0v) is 9.28. The second kappa shape index (κ2) is 6.38. The third kappa shape index (κ3) is 4.40. The summed E-state index contributed by atoms with van der Waals surface area (Å²) < 4.78 is 0. The highest BCUT2D eigenvalue weighted by Gasteiger charge is 2.16. The van der Waals surface area contributed by atoms with Gasteiger partial charge in [-0.2, -0.15) is 0 Å². The maximum Gasteiger partial charge on any atom is 0.0788 e. The summed E-state index contributed by atoms with van der Waals surface area (Å²) in [5.41, 5.74) is 5.38. The Hall–Kier alpha value is -0.120. The molecule has 3 N–H and O–H groups in total. The van der Waals surface area contributed by atoms with Crippen molar-refractivity contribution in [2.45, 2.75) is 38.2 Å². The Balaban J connectivity index is 2.14. The minimum absolute atomic E-state index is 0.358. The Labute approximate surface area is 87.3 Å². The smallest absolute Gasteiger partial charge is 0.0788 e. The second-order valence-corrected chi connectivity index (χ2v) is 4.61. The number of nitrogens with zero attached hydrogens (tertiary/aromatic N) is 1. The van der Waals surface area contributed by atoms with E-state index in [1.807, 2.05) is 0 Å². The average molecular weight is 200 g/mol. The molecule has 3 heteroatoms. The van der Waals surface area contributed by atoms with Gasteiger partial charge in [0, 0.05) is 19.6 Å². The highest BCUT2D eigenvalue weighted by molar-refractivity contribution is 4.70. The number of aliphatic hydroxyl groups is 1. The van der Waals surface area contributed by atoms with E-state index in [1.165, 1.54) is 32.1 Å². The molecule has 84 valence electrons. The number of aliphatic hydroxyl groups excluding tert-OH is 1. The number of likely N-dealkylation sites (N-methyl/N-ethyl adjacent to an activating group) is 1. The predicted molar refractivity (Wildman–Crippen MR) is 59.1 cm³/mol. The molecule has 1 aliphatic carbocycles. The van der Waals surface area contributed by atoms with Gasteiger partial charge in [-0.3, -0.25) is 0 Å². The predicted octanol–water partition coefficient (Wildman–Crippen LogP) is 0.818. The standard InChI is InChI=1S/C11H24N2O/c1-13(9-11(14)7-12)8-10-5-3-2-4-6-10/h10-11,14H,2-9,12H2,1H3. The molecule has 1 fully saturated rings. The largest absolute Gasteiger partial charge is 0.390 e. The molecule has 0 aliphatic heterocycles. The van der Waals surface area contributed by atoms with Gasteiger partial charge in [0.25, 0.3) is 0 Å². The second-order valence-electron chi connectivity index (χ2n) is 4.61. The van der Waals surface area contributed by atoms with Gasteiger partial charge in [-0.1, -0.05) is 19.3 Å². The van der Waals surface area contributed by atoms with E-state index >= 15 is 0 Å². The van der Waals surface area contributed by atoms with Crippen LogP contribution in [0.4, 0.5) is 0 Å². The minimum Gasteiger partial charge on any atom is -0.390 e. The van der Waals surface area contributed by atoms with Crippen LogP contribution in [0.15, 0.2) is 0 Å². The van der Waals surface area contributed by atoms with Gasteiger partial charge >= 0.3 is 0 Å². The summed E-state index contributed by atoms with van der Waals surface area (Å²) >= 11 is 0. The van der Waals surface area contributed by atoms with Crippen LogP contribution in [0.2, 0.25) is 0 Å². The van der Waals surface area contributed by atoms with Gasteiger partial charge in [0.15, 0.2) is 0 Å². The number of rotatable bonds is 5. The monoisotopic (exact) mass is 200 g/mol. The molecular weight excluding hydrogens is 176 g/mol. The molecule has 1 aliphatic rings. The van der Waals surface area contributed by atoms with Crippen LogP contribution in [0.5, 0.6) is 0 Å². The van der Waals surface area contributed by atoms with E-state index in [-0.39, 0.29) is 6.10 Å². The quantitative estimate of drug-likeness (QED) is 0.691. The maximum atomic E-state index is 9.39. The summed E-state index contributed by atoms with van der Waals surface area (Å²) in [6.07, 6.45) is 6.55. The van der Waals surface area contributed by atoms with Crippen molar-refractivity contribution in [3.63, 3.8) is 0 Å². The molecule has 0 heterocycles. The zero-order chi connectivity index (χ0) is 10.4. The fraction of sp³-hybridized carbons (Fsp3) is 1.00. The Kier molecular flexibility index (Phi) is 5.45. The first-order valence-corrected chi connectivity index (χ1v) is 5.79. The Morgan fingerprint density at radius 3 is 2.57 bits per heavy atom. The highest BCUT2D eigenvalue weighted by atomic mass is 16.3. The molecule has 1 unspecified atom stereocenters. The summed E-state index contributed by atoms with van der Waals surface area (Å²) in [4.78, 5) is 2.22. The molecule has 0 aromatic carbocycles. The molecule has 0 bridgehead atoms. The summed E-state index contributed by atoms with van der Waals surface area (Å²) in [5.74, 6) is 0.846. The molecular formula is C11H24N2O. The van der Waals surface area contributed by atoms with Crippen LogP contribution in [0.1, 0.15) is 32.1 Å². The lowest BCUT2D eigenvalue weighted by Gasteiger charge is -2.27. The molecule has 0 radical (unpaired) electrons. The van der Waals surface area contributed by atoms with Crippen molar-refractivity contribution in [1.29, 1.82) is 0 Å². The van der Waals surface area contributed by atoms with Crippen LogP contribution in [-0.2, 0) is 0 Å². The van der Waals surface area contributed by atoms with Gasteiger partial charge in [0.2, 0.25) is 0 Å². The SMILES string of the molecule is CN(CC(O)CN)CC1CCCCC1. The molecule has 0 aromatic heterocycles. The van der Waals surface area contributed by atoms with E-state index in [4.69, 9.17) is 5.73 Å². The lowest BCUT2D eigenvalue weighted by atomic mass is 9.89. The molecule has 1 rings (SSSR count). The Morgan fingerprint density at radius 2 is 2.00 bits per heavy atom. The number of hydrogen-bond acceptors (Lipinski definition) is 3. The first-order valence-electron chi connectivity index (χ1n) is 5.79. The fourth-order valence-electron chi connectivity index (χ4n) is 2.32. The summed E-state index contributed by atoms with van der Waals surface area (Å²) in [6.45, 7) is 2.21. The number of nitrogens with two attached hydrogens (primary N) is 1. The molecule has 3 nitrogen and oxygen atoms in total. The first kappa shape index (κ1) is 12.0. The van der Waals surface area contributed by atoms with Gasteiger partial charge in [0.1, 0.15) is 0 Å². The van der Waals surface area contributed by atoms with E-state index < -0.39 is 0 Å². The van der Waals surface area contributed by atoms with Crippen molar-refractivity contribution in [3.05, 3.63) is 0 Å². The van der Waals surface area contributed by atoms with Gasteiger partial charge in [-0.25, -0.2) is 0 Å². The van der Waals surface area contributed by atoms with Crippen molar-refractivity contribution in [1.82, 2.24) is 4.90 Å². The van der Waals surface area contributed by atoms with Gasteiger partial charge in [0.05, 0.1) is 6.10 Å². The molecule has 0 saturated heterocycles. The van der Waals surface area contributed by atoms with Crippen LogP contribution < -0.4 is 5.73 Å². The van der Waals surface area contributed by atoms with Crippen molar-refractivity contribution in [2.75, 3.05) is 26.7 Å². The van der Waals surface area contributed by atoms with E-state index in [1.54, 1.807) is 0 Å². The molecule has 14 heavy (non-hydrogen) atoms. The van der Waals surface area contributed by atoms with E-state index in [0.29, 0.717) is 13.1 Å². The zero-order valence-electron chi connectivity index (χ0n) is 9.28. The number of hydrogen-bond donors (Lipinski definition) is 2. The lowest BCUT2D eigenvalue weighted by molar-refractivity contribution is 0.118. The third-order valence-corrected chi connectivity index (χ3v) is 3.09. The van der Waals surface area contributed by atoms with Gasteiger partial charge in [-0.05, 0) is 25.8 Å². The fourth-order valence-corrected chi connectivity index (χ4v) is 2.32. The Bertz CT molecular complexity index is 146.